The molecule has 0 amide bonds. The zero-order valence-corrected chi connectivity index (χ0v) is 11.8. The van der Waals surface area contributed by atoms with Crippen molar-refractivity contribution in [1.82, 2.24) is 9.59 Å². The van der Waals surface area contributed by atoms with Gasteiger partial charge in [0.1, 0.15) is 9.90 Å². The molecule has 0 fully saturated rings. The third-order valence-corrected chi connectivity index (χ3v) is 4.41. The molecule has 20 heavy (non-hydrogen) atoms. The second kappa shape index (κ2) is 5.31. The Morgan fingerprint density at radius 1 is 1.45 bits per heavy atom. The summed E-state index contributed by atoms with van der Waals surface area (Å²) in [5.41, 5.74) is -0.833. The van der Waals surface area contributed by atoms with Gasteiger partial charge < -0.3 is 5.11 Å². The van der Waals surface area contributed by atoms with Gasteiger partial charge in [-0.25, -0.2) is 17.6 Å². The monoisotopic (exact) mass is 337 g/mol. The number of benzene rings is 1. The van der Waals surface area contributed by atoms with Gasteiger partial charge in [-0.1, -0.05) is 16.1 Å². The van der Waals surface area contributed by atoms with E-state index >= 15 is 0 Å². The van der Waals surface area contributed by atoms with Crippen molar-refractivity contribution in [3.63, 3.8) is 0 Å². The maximum absolute atomic E-state index is 13.9. The molecule has 1 aromatic carbocycles. The molecule has 0 aliphatic rings. The van der Waals surface area contributed by atoms with Gasteiger partial charge >= 0.3 is 5.97 Å². The Labute approximate surface area is 121 Å². The minimum Gasteiger partial charge on any atom is -0.478 e. The number of aromatic carboxylic acids is 1. The fourth-order valence-electron chi connectivity index (χ4n) is 1.31. The maximum Gasteiger partial charge on any atom is 0.338 e. The average Bonchev–Trinajstić information content (AvgIpc) is 2.83. The van der Waals surface area contributed by atoms with Gasteiger partial charge in [0.2, 0.25) is 0 Å². The average molecular weight is 338 g/mol. The van der Waals surface area contributed by atoms with Crippen molar-refractivity contribution in [2.45, 2.75) is 4.90 Å². The maximum atomic E-state index is 13.9. The summed E-state index contributed by atoms with van der Waals surface area (Å²) in [5, 5.41) is 12.1. The molecule has 0 spiro atoms. The van der Waals surface area contributed by atoms with Crippen molar-refractivity contribution in [3.8, 4) is 0 Å². The van der Waals surface area contributed by atoms with E-state index in [2.05, 4.69) is 9.59 Å². The highest BCUT2D eigenvalue weighted by atomic mass is 35.5. The molecule has 1 aromatic heterocycles. The number of nitrogens with zero attached hydrogens (tertiary/aromatic N) is 2. The first kappa shape index (κ1) is 14.6. The van der Waals surface area contributed by atoms with E-state index in [1.165, 1.54) is 0 Å². The van der Waals surface area contributed by atoms with Gasteiger partial charge in [0.15, 0.2) is 5.82 Å². The van der Waals surface area contributed by atoms with Crippen LogP contribution in [0, 0.1) is 5.82 Å². The number of sulfonamides is 1. The lowest BCUT2D eigenvalue weighted by molar-refractivity contribution is 0.0691. The van der Waals surface area contributed by atoms with E-state index in [9.17, 15) is 17.6 Å². The van der Waals surface area contributed by atoms with E-state index in [1.54, 1.807) is 0 Å². The first-order valence-corrected chi connectivity index (χ1v) is 7.47. The number of hydrogen-bond acceptors (Lipinski definition) is 6. The van der Waals surface area contributed by atoms with Gasteiger partial charge in [0, 0.05) is 16.6 Å². The summed E-state index contributed by atoms with van der Waals surface area (Å²) in [6.45, 7) is 0. The lowest BCUT2D eigenvalue weighted by atomic mass is 10.2. The minimum atomic E-state index is -4.33. The number of nitrogens with one attached hydrogen (secondary N) is 1. The molecular weight excluding hydrogens is 333 g/mol. The number of halogens is 2. The number of carboxylic acids is 1. The van der Waals surface area contributed by atoms with Gasteiger partial charge in [-0.05, 0) is 12.1 Å². The molecule has 0 saturated heterocycles. The highest BCUT2D eigenvalue weighted by Gasteiger charge is 2.25. The van der Waals surface area contributed by atoms with E-state index in [4.69, 9.17) is 16.7 Å². The summed E-state index contributed by atoms with van der Waals surface area (Å²) in [7, 11) is -4.33. The van der Waals surface area contributed by atoms with Crippen molar-refractivity contribution in [3.05, 3.63) is 34.7 Å². The van der Waals surface area contributed by atoms with E-state index in [0.717, 1.165) is 29.9 Å². The Bertz CT molecular complexity index is 764. The van der Waals surface area contributed by atoms with Crippen LogP contribution in [0.4, 0.5) is 9.39 Å². The number of carboxylic acid groups (broad SMARTS) is 1. The highest BCUT2D eigenvalue weighted by molar-refractivity contribution is 7.93. The molecule has 11 heteroatoms. The molecule has 2 aromatic rings. The Morgan fingerprint density at radius 2 is 2.15 bits per heavy atom. The standard InChI is InChI=1S/C9H5ClFN3O4S2/c10-4-1-5(9(15)16)8(11)6(2-4)20(17,18)13-7-3-12-14-19-7/h1-3,13H,(H,15,16). The first-order chi connectivity index (χ1) is 9.31. The molecule has 2 N–H and O–H groups in total. The summed E-state index contributed by atoms with van der Waals surface area (Å²) in [6, 6.07) is 1.65. The molecule has 0 atom stereocenters. The molecule has 0 aliphatic carbocycles. The number of hydrogen-bond donors (Lipinski definition) is 2. The van der Waals surface area contributed by atoms with Crippen LogP contribution in [-0.4, -0.2) is 29.1 Å². The third-order valence-electron chi connectivity index (χ3n) is 2.12. The Balaban J connectivity index is 2.54. The molecule has 0 aliphatic heterocycles. The largest absolute Gasteiger partial charge is 0.478 e. The predicted molar refractivity (Wildman–Crippen MR) is 69.1 cm³/mol. The second-order valence-corrected chi connectivity index (χ2v) is 6.33. The van der Waals surface area contributed by atoms with Crippen LogP contribution in [0.1, 0.15) is 10.4 Å². The van der Waals surface area contributed by atoms with Crippen LogP contribution in [0.5, 0.6) is 0 Å². The van der Waals surface area contributed by atoms with Crippen LogP contribution in [0.15, 0.2) is 23.2 Å². The molecule has 7 nitrogen and oxygen atoms in total. The van der Waals surface area contributed by atoms with Gasteiger partial charge in [-0.2, -0.15) is 0 Å². The van der Waals surface area contributed by atoms with Crippen molar-refractivity contribution in [1.29, 1.82) is 0 Å². The van der Waals surface area contributed by atoms with Gasteiger partial charge in [0.05, 0.1) is 11.8 Å². The van der Waals surface area contributed by atoms with Crippen LogP contribution in [-0.2, 0) is 10.0 Å². The van der Waals surface area contributed by atoms with E-state index in [-0.39, 0.29) is 10.0 Å². The molecule has 106 valence electrons. The fraction of sp³-hybridized carbons (Fsp3) is 0. The normalized spacial score (nSPS) is 11.3. The summed E-state index contributed by atoms with van der Waals surface area (Å²) < 4.78 is 43.4. The summed E-state index contributed by atoms with van der Waals surface area (Å²) in [5.74, 6) is -3.02. The van der Waals surface area contributed by atoms with Gasteiger partial charge in [-0.15, -0.1) is 5.10 Å². The predicted octanol–water partition coefficient (Wildman–Crippen LogP) is 1.83. The topological polar surface area (TPSA) is 109 Å². The number of aromatic nitrogens is 2. The molecule has 0 saturated carbocycles. The zero-order chi connectivity index (χ0) is 14.9. The molecular formula is C9H5ClFN3O4S2. The first-order valence-electron chi connectivity index (χ1n) is 4.84. The van der Waals surface area contributed by atoms with Crippen LogP contribution >= 0.6 is 23.1 Å². The lowest BCUT2D eigenvalue weighted by Crippen LogP contribution is -2.16. The van der Waals surface area contributed by atoms with Gasteiger partial charge in [0.25, 0.3) is 10.0 Å². The molecule has 0 unspecified atom stereocenters. The molecule has 0 bridgehead atoms. The van der Waals surface area contributed by atoms with E-state index in [0.29, 0.717) is 0 Å². The van der Waals surface area contributed by atoms with Crippen LogP contribution in [0.25, 0.3) is 0 Å². The zero-order valence-electron chi connectivity index (χ0n) is 9.37. The molecule has 2 rings (SSSR count). The number of carbonyl (C=O) groups is 1. The fourth-order valence-corrected chi connectivity index (χ4v) is 3.41. The summed E-state index contributed by atoms with van der Waals surface area (Å²) >= 11 is 6.35. The van der Waals surface area contributed by atoms with Crippen molar-refractivity contribution in [2.24, 2.45) is 0 Å². The highest BCUT2D eigenvalue weighted by Crippen LogP contribution is 2.26. The van der Waals surface area contributed by atoms with Crippen LogP contribution in [0.3, 0.4) is 0 Å². The Hall–Kier alpha value is -1.78. The SMILES string of the molecule is O=C(O)c1cc(Cl)cc(S(=O)(=O)Nc2cnns2)c1F. The van der Waals surface area contributed by atoms with E-state index < -0.39 is 32.3 Å². The van der Waals surface area contributed by atoms with E-state index in [1.807, 2.05) is 4.72 Å². The Morgan fingerprint density at radius 3 is 2.70 bits per heavy atom. The van der Waals surface area contributed by atoms with Crippen LogP contribution < -0.4 is 4.72 Å². The second-order valence-electron chi connectivity index (χ2n) is 3.46. The molecule has 1 heterocycles. The van der Waals surface area contributed by atoms with Crippen molar-refractivity contribution < 1.29 is 22.7 Å². The minimum absolute atomic E-state index is 0.0567. The quantitative estimate of drug-likeness (QED) is 0.880. The Kier molecular flexibility index (Phi) is 3.88. The van der Waals surface area contributed by atoms with Crippen LogP contribution in [0.2, 0.25) is 5.02 Å². The van der Waals surface area contributed by atoms with Crippen molar-refractivity contribution >= 4 is 44.1 Å². The summed E-state index contributed by atoms with van der Waals surface area (Å²) in [4.78, 5) is 9.97. The third kappa shape index (κ3) is 2.86. The molecule has 0 radical (unpaired) electrons. The summed E-state index contributed by atoms with van der Waals surface area (Å²) in [6.07, 6.45) is 1.13. The smallest absolute Gasteiger partial charge is 0.338 e. The van der Waals surface area contributed by atoms with Crippen molar-refractivity contribution in [2.75, 3.05) is 4.72 Å². The number of rotatable bonds is 4. The lowest BCUT2D eigenvalue weighted by Gasteiger charge is -2.08. The van der Waals surface area contributed by atoms with Gasteiger partial charge in [-0.3, -0.25) is 4.72 Å². The number of anilines is 1.